The Labute approximate surface area is 200 Å². The van der Waals surface area contributed by atoms with Gasteiger partial charge in [0.1, 0.15) is 22.6 Å². The third-order valence-corrected chi connectivity index (χ3v) is 5.94. The molecule has 0 radical (unpaired) electrons. The van der Waals surface area contributed by atoms with Crippen molar-refractivity contribution < 1.29 is 15.0 Å². The number of unbranched alkanes of at least 4 members (excludes halogenated alkanes) is 2. The van der Waals surface area contributed by atoms with E-state index in [1.54, 1.807) is 48.5 Å². The summed E-state index contributed by atoms with van der Waals surface area (Å²) in [6, 6.07) is 13.6. The van der Waals surface area contributed by atoms with E-state index in [1.807, 2.05) is 0 Å². The van der Waals surface area contributed by atoms with E-state index in [4.69, 9.17) is 0 Å². The molecule has 2 heterocycles. The van der Waals surface area contributed by atoms with E-state index in [0.29, 0.717) is 28.4 Å². The molecule has 2 aromatic heterocycles. The average molecular weight is 475 g/mol. The molecular formula is C26H26N4O5. The summed E-state index contributed by atoms with van der Waals surface area (Å²) in [5.41, 5.74) is 1.53. The van der Waals surface area contributed by atoms with Crippen LogP contribution < -0.4 is 16.5 Å². The van der Waals surface area contributed by atoms with Gasteiger partial charge in [0.25, 0.3) is 17.0 Å². The van der Waals surface area contributed by atoms with Crippen molar-refractivity contribution in [1.29, 1.82) is 0 Å². The van der Waals surface area contributed by atoms with Crippen LogP contribution >= 0.6 is 0 Å². The maximum Gasteiger partial charge on any atom is 0.280 e. The second-order valence-electron chi connectivity index (χ2n) is 8.27. The fourth-order valence-corrected chi connectivity index (χ4v) is 4.14. The van der Waals surface area contributed by atoms with Crippen molar-refractivity contribution in [2.24, 2.45) is 5.10 Å². The highest BCUT2D eigenvalue weighted by molar-refractivity contribution is 6.07. The van der Waals surface area contributed by atoms with Crippen LogP contribution in [0.1, 0.15) is 49.0 Å². The van der Waals surface area contributed by atoms with Gasteiger partial charge in [-0.05, 0) is 37.6 Å². The number of carbonyl (C=O) groups excluding carboxylic acids is 1. The number of aromatic nitrogens is 2. The number of aryl methyl sites for hydroxylation is 1. The Bertz CT molecular complexity index is 1580. The molecule has 0 aliphatic carbocycles. The molecular weight excluding hydrogens is 448 g/mol. The van der Waals surface area contributed by atoms with Crippen LogP contribution in [-0.2, 0) is 6.54 Å². The van der Waals surface area contributed by atoms with Gasteiger partial charge in [-0.25, -0.2) is 5.43 Å². The average Bonchev–Trinajstić information content (AvgIpc) is 2.85. The second kappa shape index (κ2) is 9.84. The Morgan fingerprint density at radius 3 is 2.37 bits per heavy atom. The number of amides is 1. The summed E-state index contributed by atoms with van der Waals surface area (Å²) in [4.78, 5) is 41.4. The van der Waals surface area contributed by atoms with Gasteiger partial charge in [-0.1, -0.05) is 44.0 Å². The summed E-state index contributed by atoms with van der Waals surface area (Å²) in [5.74, 6) is -1.63. The van der Waals surface area contributed by atoms with Crippen molar-refractivity contribution in [2.75, 3.05) is 0 Å². The van der Waals surface area contributed by atoms with Gasteiger partial charge in [0, 0.05) is 17.3 Å². The van der Waals surface area contributed by atoms with E-state index < -0.39 is 28.3 Å². The van der Waals surface area contributed by atoms with Gasteiger partial charge in [0.05, 0.1) is 16.7 Å². The van der Waals surface area contributed by atoms with Crippen LogP contribution in [0.15, 0.2) is 63.2 Å². The standard InChI is InChI=1S/C26H26N4O5/c1-3-4-9-14-30-19-13-8-6-11-17(19)23(32)21(26(30)35)25(34)29-28-15(2)20-22(31)16-10-5-7-12-18(16)27-24(20)33/h5-8,10-13,32H,3-4,9,14H2,1-2H3,(H,29,34)(H2,27,31,33). The number of hydrazone groups is 1. The van der Waals surface area contributed by atoms with Crippen molar-refractivity contribution in [2.45, 2.75) is 39.7 Å². The van der Waals surface area contributed by atoms with Crippen molar-refractivity contribution in [3.8, 4) is 11.5 Å². The number of aromatic hydroxyl groups is 2. The lowest BCUT2D eigenvalue weighted by Gasteiger charge is -2.14. The lowest BCUT2D eigenvalue weighted by Crippen LogP contribution is -2.32. The minimum atomic E-state index is -0.918. The molecule has 180 valence electrons. The number of fused-ring (bicyclic) bond motifs is 2. The van der Waals surface area contributed by atoms with Crippen LogP contribution in [0.3, 0.4) is 0 Å². The number of rotatable bonds is 7. The Hall–Kier alpha value is -4.40. The van der Waals surface area contributed by atoms with E-state index in [2.05, 4.69) is 22.4 Å². The fourth-order valence-electron chi connectivity index (χ4n) is 4.14. The first-order chi connectivity index (χ1) is 16.8. The number of benzene rings is 2. The highest BCUT2D eigenvalue weighted by Crippen LogP contribution is 2.27. The number of H-pyrrole nitrogens is 1. The minimum absolute atomic E-state index is 0.0337. The summed E-state index contributed by atoms with van der Waals surface area (Å²) < 4.78 is 1.48. The first-order valence-corrected chi connectivity index (χ1v) is 11.4. The predicted molar refractivity (Wildman–Crippen MR) is 135 cm³/mol. The maximum absolute atomic E-state index is 13.2. The Balaban J connectivity index is 1.73. The van der Waals surface area contributed by atoms with Crippen LogP contribution in [0, 0.1) is 0 Å². The molecule has 0 aliphatic rings. The van der Waals surface area contributed by atoms with Gasteiger partial charge in [-0.15, -0.1) is 0 Å². The molecule has 1 amide bonds. The van der Waals surface area contributed by atoms with Crippen LogP contribution in [0.2, 0.25) is 0 Å². The number of carbonyl (C=O) groups is 1. The van der Waals surface area contributed by atoms with E-state index >= 15 is 0 Å². The van der Waals surface area contributed by atoms with Crippen molar-refractivity contribution >= 4 is 33.4 Å². The van der Waals surface area contributed by atoms with Crippen molar-refractivity contribution in [3.63, 3.8) is 0 Å². The summed E-state index contributed by atoms with van der Waals surface area (Å²) in [6.07, 6.45) is 2.62. The number of nitrogens with one attached hydrogen (secondary N) is 2. The molecule has 0 bridgehead atoms. The Kier molecular flexibility index (Phi) is 6.68. The molecule has 0 spiro atoms. The quantitative estimate of drug-likeness (QED) is 0.184. The topological polar surface area (TPSA) is 137 Å². The molecule has 4 N–H and O–H groups in total. The lowest BCUT2D eigenvalue weighted by molar-refractivity contribution is 0.0950. The maximum atomic E-state index is 13.2. The number of para-hydroxylation sites is 2. The SMILES string of the molecule is CCCCCn1c(=O)c(C(=O)NN=C(C)c2c(O)c3ccccc3[nH]c2=O)c(O)c2ccccc21. The molecule has 0 saturated heterocycles. The summed E-state index contributed by atoms with van der Waals surface area (Å²) in [6.45, 7) is 3.90. The lowest BCUT2D eigenvalue weighted by atomic mass is 10.1. The van der Waals surface area contributed by atoms with E-state index in [0.717, 1.165) is 19.3 Å². The van der Waals surface area contributed by atoms with Crippen LogP contribution in [0.25, 0.3) is 21.8 Å². The first-order valence-electron chi connectivity index (χ1n) is 11.4. The number of hydrogen-bond acceptors (Lipinski definition) is 6. The first kappa shape index (κ1) is 23.7. The van der Waals surface area contributed by atoms with Gasteiger partial charge in [0.15, 0.2) is 0 Å². The van der Waals surface area contributed by atoms with Crippen LogP contribution in [-0.4, -0.2) is 31.4 Å². The molecule has 4 rings (SSSR count). The van der Waals surface area contributed by atoms with Crippen LogP contribution in [0.4, 0.5) is 0 Å². The summed E-state index contributed by atoms with van der Waals surface area (Å²) in [5, 5.41) is 26.1. The third kappa shape index (κ3) is 4.40. The second-order valence-corrected chi connectivity index (χ2v) is 8.27. The van der Waals surface area contributed by atoms with E-state index in [-0.39, 0.29) is 17.0 Å². The molecule has 9 nitrogen and oxygen atoms in total. The monoisotopic (exact) mass is 474 g/mol. The van der Waals surface area contributed by atoms with Gasteiger partial charge in [-0.2, -0.15) is 5.10 Å². The summed E-state index contributed by atoms with van der Waals surface area (Å²) in [7, 11) is 0. The molecule has 2 aromatic carbocycles. The molecule has 4 aromatic rings. The molecule has 0 fully saturated rings. The third-order valence-electron chi connectivity index (χ3n) is 5.94. The van der Waals surface area contributed by atoms with Gasteiger partial charge in [0.2, 0.25) is 0 Å². The number of nitrogens with zero attached hydrogens (tertiary/aromatic N) is 2. The zero-order valence-corrected chi connectivity index (χ0v) is 19.5. The zero-order valence-electron chi connectivity index (χ0n) is 19.5. The van der Waals surface area contributed by atoms with E-state index in [1.165, 1.54) is 11.5 Å². The van der Waals surface area contributed by atoms with Crippen LogP contribution in [0.5, 0.6) is 11.5 Å². The fraction of sp³-hybridized carbons (Fsp3) is 0.231. The Morgan fingerprint density at radius 1 is 0.971 bits per heavy atom. The molecule has 9 heteroatoms. The number of pyridine rings is 2. The van der Waals surface area contributed by atoms with E-state index in [9.17, 15) is 24.6 Å². The minimum Gasteiger partial charge on any atom is -0.506 e. The molecule has 0 unspecified atom stereocenters. The highest BCUT2D eigenvalue weighted by atomic mass is 16.3. The number of aromatic amines is 1. The van der Waals surface area contributed by atoms with Gasteiger partial charge >= 0.3 is 0 Å². The number of hydrogen-bond donors (Lipinski definition) is 4. The molecule has 0 aliphatic heterocycles. The molecule has 0 atom stereocenters. The highest BCUT2D eigenvalue weighted by Gasteiger charge is 2.22. The molecule has 35 heavy (non-hydrogen) atoms. The largest absolute Gasteiger partial charge is 0.506 e. The zero-order chi connectivity index (χ0) is 25.1. The van der Waals surface area contributed by atoms with Crippen molar-refractivity contribution in [1.82, 2.24) is 15.0 Å². The summed E-state index contributed by atoms with van der Waals surface area (Å²) >= 11 is 0. The van der Waals surface area contributed by atoms with Gasteiger partial charge in [-0.3, -0.25) is 14.4 Å². The normalized spacial score (nSPS) is 11.8. The molecule has 0 saturated carbocycles. The van der Waals surface area contributed by atoms with Crippen molar-refractivity contribution in [3.05, 3.63) is 80.4 Å². The Morgan fingerprint density at radius 2 is 1.63 bits per heavy atom. The smallest absolute Gasteiger partial charge is 0.280 e. The van der Waals surface area contributed by atoms with Gasteiger partial charge < -0.3 is 19.8 Å². The predicted octanol–water partition coefficient (Wildman–Crippen LogP) is 3.60.